The maximum absolute atomic E-state index is 11.2. The van der Waals surface area contributed by atoms with Crippen LogP contribution in [0.15, 0.2) is 29.3 Å². The predicted octanol–water partition coefficient (Wildman–Crippen LogP) is 0.518. The smallest absolute Gasteiger partial charge is 0.253 e. The topological polar surface area (TPSA) is 63.6 Å². The normalized spacial score (nSPS) is 10.4. The van der Waals surface area contributed by atoms with E-state index in [-0.39, 0.29) is 5.56 Å². The summed E-state index contributed by atoms with van der Waals surface area (Å²) >= 11 is 0. The molecule has 2 aromatic heterocycles. The van der Waals surface area contributed by atoms with Gasteiger partial charge in [-0.2, -0.15) is 5.10 Å². The number of rotatable bonds is 2. The molecule has 0 amide bonds. The highest BCUT2D eigenvalue weighted by molar-refractivity contribution is 5.19. The molecule has 0 aliphatic carbocycles. The second-order valence-corrected chi connectivity index (χ2v) is 2.85. The number of aromatic amines is 1. The third-order valence-electron chi connectivity index (χ3n) is 1.85. The molecular weight excluding hydrogens is 180 g/mol. The van der Waals surface area contributed by atoms with Crippen LogP contribution in [0.5, 0.6) is 0 Å². The summed E-state index contributed by atoms with van der Waals surface area (Å²) in [5.41, 5.74) is -0.151. The van der Waals surface area contributed by atoms with Gasteiger partial charge >= 0.3 is 0 Å². The number of H-pyrrole nitrogens is 1. The molecule has 0 saturated carbocycles. The Balaban J connectivity index is 2.54. The van der Waals surface area contributed by atoms with Crippen molar-refractivity contribution in [3.8, 4) is 5.82 Å². The molecule has 0 aliphatic heterocycles. The minimum absolute atomic E-state index is 0.151. The monoisotopic (exact) mass is 190 g/mol. The molecule has 2 aromatic rings. The van der Waals surface area contributed by atoms with Crippen molar-refractivity contribution in [2.24, 2.45) is 0 Å². The van der Waals surface area contributed by atoms with Crippen LogP contribution in [0.4, 0.5) is 0 Å². The van der Waals surface area contributed by atoms with Crippen molar-refractivity contribution in [1.29, 1.82) is 0 Å². The third-order valence-corrected chi connectivity index (χ3v) is 1.85. The van der Waals surface area contributed by atoms with Gasteiger partial charge < -0.3 is 4.98 Å². The average molecular weight is 190 g/mol. The zero-order valence-corrected chi connectivity index (χ0v) is 7.77. The standard InChI is InChI=1S/C9H10N4O/c1-2-7-11-8(6-9(14)12-7)13-5-3-4-10-13/h3-6H,2H2,1H3,(H,11,12,14). The number of hydrogen-bond acceptors (Lipinski definition) is 3. The van der Waals surface area contributed by atoms with Crippen molar-refractivity contribution >= 4 is 0 Å². The summed E-state index contributed by atoms with van der Waals surface area (Å²) in [6.45, 7) is 1.94. The fourth-order valence-electron chi connectivity index (χ4n) is 1.18. The van der Waals surface area contributed by atoms with E-state index in [9.17, 15) is 4.79 Å². The van der Waals surface area contributed by atoms with Crippen LogP contribution in [0, 0.1) is 0 Å². The lowest BCUT2D eigenvalue weighted by Gasteiger charge is -2.01. The van der Waals surface area contributed by atoms with Gasteiger partial charge in [0, 0.05) is 24.9 Å². The molecule has 5 nitrogen and oxygen atoms in total. The molecule has 0 unspecified atom stereocenters. The molecule has 0 aliphatic rings. The van der Waals surface area contributed by atoms with Crippen molar-refractivity contribution in [2.75, 3.05) is 0 Å². The van der Waals surface area contributed by atoms with Crippen LogP contribution in [0.3, 0.4) is 0 Å². The molecule has 2 rings (SSSR count). The zero-order valence-electron chi connectivity index (χ0n) is 7.77. The van der Waals surface area contributed by atoms with Gasteiger partial charge in [-0.05, 0) is 6.07 Å². The van der Waals surface area contributed by atoms with E-state index in [4.69, 9.17) is 0 Å². The van der Waals surface area contributed by atoms with Crippen molar-refractivity contribution in [3.05, 3.63) is 40.7 Å². The Morgan fingerprint density at radius 2 is 2.43 bits per heavy atom. The van der Waals surface area contributed by atoms with Crippen LogP contribution >= 0.6 is 0 Å². The summed E-state index contributed by atoms with van der Waals surface area (Å²) < 4.78 is 1.56. The van der Waals surface area contributed by atoms with Crippen LogP contribution in [0.2, 0.25) is 0 Å². The number of aromatic nitrogens is 4. The van der Waals surface area contributed by atoms with Crippen molar-refractivity contribution < 1.29 is 0 Å². The van der Waals surface area contributed by atoms with E-state index < -0.39 is 0 Å². The largest absolute Gasteiger partial charge is 0.310 e. The summed E-state index contributed by atoms with van der Waals surface area (Å²) in [7, 11) is 0. The molecule has 72 valence electrons. The summed E-state index contributed by atoms with van der Waals surface area (Å²) in [5, 5.41) is 4.00. The second kappa shape index (κ2) is 3.45. The summed E-state index contributed by atoms with van der Waals surface area (Å²) in [4.78, 5) is 18.1. The van der Waals surface area contributed by atoms with E-state index >= 15 is 0 Å². The summed E-state index contributed by atoms with van der Waals surface area (Å²) in [5.74, 6) is 1.22. The van der Waals surface area contributed by atoms with Gasteiger partial charge in [-0.25, -0.2) is 9.67 Å². The van der Waals surface area contributed by atoms with Crippen LogP contribution in [-0.2, 0) is 6.42 Å². The van der Waals surface area contributed by atoms with E-state index in [0.29, 0.717) is 18.1 Å². The second-order valence-electron chi connectivity index (χ2n) is 2.85. The SMILES string of the molecule is CCc1nc(-n2cccn2)cc(=O)[nH]1. The van der Waals surface area contributed by atoms with Gasteiger partial charge in [0.2, 0.25) is 0 Å². The van der Waals surface area contributed by atoms with Crippen molar-refractivity contribution in [1.82, 2.24) is 19.7 Å². The summed E-state index contributed by atoms with van der Waals surface area (Å²) in [6.07, 6.45) is 4.10. The van der Waals surface area contributed by atoms with Gasteiger partial charge in [0.1, 0.15) is 5.82 Å². The van der Waals surface area contributed by atoms with E-state index in [0.717, 1.165) is 0 Å². The Kier molecular flexibility index (Phi) is 2.14. The Hall–Kier alpha value is -1.91. The number of hydrogen-bond donors (Lipinski definition) is 1. The minimum Gasteiger partial charge on any atom is -0.310 e. The Labute approximate surface area is 80.4 Å². The van der Waals surface area contributed by atoms with Gasteiger partial charge in [0.25, 0.3) is 5.56 Å². The van der Waals surface area contributed by atoms with Crippen molar-refractivity contribution in [3.63, 3.8) is 0 Å². The van der Waals surface area contributed by atoms with Gasteiger partial charge in [0.15, 0.2) is 5.82 Å². The van der Waals surface area contributed by atoms with E-state index in [1.165, 1.54) is 6.07 Å². The first kappa shape index (κ1) is 8.68. The zero-order chi connectivity index (χ0) is 9.97. The Bertz CT molecular complexity index is 472. The number of nitrogens with zero attached hydrogens (tertiary/aromatic N) is 3. The molecule has 0 saturated heterocycles. The first-order valence-electron chi connectivity index (χ1n) is 4.40. The molecule has 0 fully saturated rings. The molecule has 0 aromatic carbocycles. The molecule has 0 atom stereocenters. The van der Waals surface area contributed by atoms with E-state index in [2.05, 4.69) is 15.1 Å². The lowest BCUT2D eigenvalue weighted by molar-refractivity contribution is 0.805. The maximum atomic E-state index is 11.2. The molecule has 0 bridgehead atoms. The fourth-order valence-corrected chi connectivity index (χ4v) is 1.18. The highest BCUT2D eigenvalue weighted by atomic mass is 16.1. The minimum atomic E-state index is -0.151. The molecule has 0 spiro atoms. The van der Waals surface area contributed by atoms with E-state index in [1.54, 1.807) is 23.1 Å². The molecular formula is C9H10N4O. The molecule has 0 radical (unpaired) electrons. The Morgan fingerprint density at radius 1 is 1.57 bits per heavy atom. The van der Waals surface area contributed by atoms with Gasteiger partial charge in [0.05, 0.1) is 0 Å². The van der Waals surface area contributed by atoms with Crippen LogP contribution in [0.25, 0.3) is 5.82 Å². The van der Waals surface area contributed by atoms with Crippen LogP contribution in [-0.4, -0.2) is 19.7 Å². The molecule has 5 heteroatoms. The van der Waals surface area contributed by atoms with Gasteiger partial charge in [-0.3, -0.25) is 4.79 Å². The Morgan fingerprint density at radius 3 is 3.07 bits per heavy atom. The van der Waals surface area contributed by atoms with Crippen LogP contribution in [0.1, 0.15) is 12.7 Å². The van der Waals surface area contributed by atoms with Crippen LogP contribution < -0.4 is 5.56 Å². The average Bonchev–Trinajstić information content (AvgIpc) is 2.69. The lowest BCUT2D eigenvalue weighted by atomic mass is 10.4. The van der Waals surface area contributed by atoms with E-state index in [1.807, 2.05) is 6.92 Å². The molecule has 14 heavy (non-hydrogen) atoms. The highest BCUT2D eigenvalue weighted by Gasteiger charge is 2.01. The fraction of sp³-hybridized carbons (Fsp3) is 0.222. The van der Waals surface area contributed by atoms with Gasteiger partial charge in [-0.1, -0.05) is 6.92 Å². The lowest BCUT2D eigenvalue weighted by Crippen LogP contribution is -2.13. The summed E-state index contributed by atoms with van der Waals surface area (Å²) in [6, 6.07) is 3.21. The highest BCUT2D eigenvalue weighted by Crippen LogP contribution is 1.99. The number of nitrogens with one attached hydrogen (secondary N) is 1. The van der Waals surface area contributed by atoms with Crippen molar-refractivity contribution in [2.45, 2.75) is 13.3 Å². The quantitative estimate of drug-likeness (QED) is 0.750. The first-order valence-corrected chi connectivity index (χ1v) is 4.40. The number of aryl methyl sites for hydroxylation is 1. The van der Waals surface area contributed by atoms with Gasteiger partial charge in [-0.15, -0.1) is 0 Å². The predicted molar refractivity (Wildman–Crippen MR) is 51.4 cm³/mol. The maximum Gasteiger partial charge on any atom is 0.253 e. The third kappa shape index (κ3) is 1.56. The first-order chi connectivity index (χ1) is 6.79. The molecule has 1 N–H and O–H groups in total. The molecule has 2 heterocycles.